The molecular weight excluding hydrogens is 212 g/mol. The molecule has 17 heavy (non-hydrogen) atoms. The molecule has 3 nitrogen and oxygen atoms in total. The quantitative estimate of drug-likeness (QED) is 0.775. The molecule has 1 rings (SSSR count). The minimum Gasteiger partial charge on any atom is -0.384 e. The van der Waals surface area contributed by atoms with Crippen molar-refractivity contribution < 1.29 is 4.74 Å². The van der Waals surface area contributed by atoms with Crippen LogP contribution in [0.2, 0.25) is 0 Å². The molecule has 1 fully saturated rings. The third-order valence-electron chi connectivity index (χ3n) is 3.40. The summed E-state index contributed by atoms with van der Waals surface area (Å²) in [5.41, 5.74) is 0.452. The van der Waals surface area contributed by atoms with Crippen molar-refractivity contribution in [3.63, 3.8) is 0 Å². The summed E-state index contributed by atoms with van der Waals surface area (Å²) in [7, 11) is 1.77. The van der Waals surface area contributed by atoms with Gasteiger partial charge in [-0.15, -0.1) is 0 Å². The molecule has 1 unspecified atom stereocenters. The molecule has 0 aromatic heterocycles. The van der Waals surface area contributed by atoms with Crippen molar-refractivity contribution in [3.05, 3.63) is 0 Å². The van der Waals surface area contributed by atoms with Crippen LogP contribution in [0.5, 0.6) is 0 Å². The van der Waals surface area contributed by atoms with Gasteiger partial charge in [0.15, 0.2) is 0 Å². The van der Waals surface area contributed by atoms with Crippen molar-refractivity contribution in [1.29, 1.82) is 0 Å². The molecule has 0 spiro atoms. The van der Waals surface area contributed by atoms with Gasteiger partial charge in [0.05, 0.1) is 0 Å². The van der Waals surface area contributed by atoms with Gasteiger partial charge in [-0.05, 0) is 46.5 Å². The number of rotatable bonds is 5. The third-order valence-corrected chi connectivity index (χ3v) is 3.40. The Morgan fingerprint density at radius 3 is 2.24 bits per heavy atom. The first-order chi connectivity index (χ1) is 7.74. The van der Waals surface area contributed by atoms with E-state index in [1.165, 1.54) is 12.8 Å². The second-order valence-corrected chi connectivity index (χ2v) is 6.97. The third kappa shape index (κ3) is 5.36. The number of methoxy groups -OCH3 is 1. The highest BCUT2D eigenvalue weighted by Crippen LogP contribution is 2.28. The molecule has 0 saturated carbocycles. The van der Waals surface area contributed by atoms with Gasteiger partial charge in [-0.1, -0.05) is 6.92 Å². The van der Waals surface area contributed by atoms with E-state index in [4.69, 9.17) is 4.74 Å². The second kappa shape index (κ2) is 5.68. The number of hydrogen-bond donors (Lipinski definition) is 2. The summed E-state index contributed by atoms with van der Waals surface area (Å²) >= 11 is 0. The minimum absolute atomic E-state index is 0.226. The molecule has 2 N–H and O–H groups in total. The van der Waals surface area contributed by atoms with Crippen molar-refractivity contribution in [2.24, 2.45) is 5.92 Å². The Morgan fingerprint density at radius 1 is 1.24 bits per heavy atom. The molecule has 0 radical (unpaired) electrons. The fourth-order valence-corrected chi connectivity index (χ4v) is 3.18. The molecule has 102 valence electrons. The maximum absolute atomic E-state index is 5.17. The van der Waals surface area contributed by atoms with Crippen molar-refractivity contribution in [2.75, 3.05) is 20.3 Å². The Balaban J connectivity index is 2.43. The lowest BCUT2D eigenvalue weighted by molar-refractivity contribution is 0.130. The number of hydrogen-bond acceptors (Lipinski definition) is 3. The van der Waals surface area contributed by atoms with Crippen LogP contribution in [-0.4, -0.2) is 37.4 Å². The summed E-state index contributed by atoms with van der Waals surface area (Å²) in [4.78, 5) is 0. The zero-order valence-corrected chi connectivity index (χ0v) is 12.4. The van der Waals surface area contributed by atoms with E-state index >= 15 is 0 Å². The van der Waals surface area contributed by atoms with Crippen LogP contribution in [0.3, 0.4) is 0 Å². The van der Waals surface area contributed by atoms with Crippen molar-refractivity contribution >= 4 is 0 Å². The molecule has 0 aromatic carbocycles. The second-order valence-electron chi connectivity index (χ2n) is 6.97. The van der Waals surface area contributed by atoms with Crippen molar-refractivity contribution in [2.45, 2.75) is 64.6 Å². The van der Waals surface area contributed by atoms with Crippen LogP contribution >= 0.6 is 0 Å². The Kier molecular flexibility index (Phi) is 4.99. The standard InChI is InChI=1S/C14H30N2O/c1-11(10-17-6)9-15-12-7-13(2,3)16-14(4,5)8-12/h11-12,15-16H,7-10H2,1-6H3. The van der Waals surface area contributed by atoms with Gasteiger partial charge in [-0.2, -0.15) is 0 Å². The van der Waals surface area contributed by atoms with E-state index in [2.05, 4.69) is 45.3 Å². The van der Waals surface area contributed by atoms with E-state index in [0.29, 0.717) is 12.0 Å². The zero-order valence-electron chi connectivity index (χ0n) is 12.4. The van der Waals surface area contributed by atoms with Gasteiger partial charge in [-0.25, -0.2) is 0 Å². The highest BCUT2D eigenvalue weighted by Gasteiger charge is 2.37. The highest BCUT2D eigenvalue weighted by atomic mass is 16.5. The molecule has 3 heteroatoms. The van der Waals surface area contributed by atoms with Crippen LogP contribution in [0.15, 0.2) is 0 Å². The molecule has 1 aliphatic rings. The molecule has 0 aromatic rings. The normalized spacial score (nSPS) is 25.8. The smallest absolute Gasteiger partial charge is 0.0499 e. The van der Waals surface area contributed by atoms with E-state index in [0.717, 1.165) is 13.2 Å². The van der Waals surface area contributed by atoms with E-state index in [9.17, 15) is 0 Å². The fourth-order valence-electron chi connectivity index (χ4n) is 3.18. The first kappa shape index (κ1) is 14.9. The van der Waals surface area contributed by atoms with Crippen molar-refractivity contribution in [3.8, 4) is 0 Å². The van der Waals surface area contributed by atoms with Crippen LogP contribution in [0.25, 0.3) is 0 Å². The summed E-state index contributed by atoms with van der Waals surface area (Å²) < 4.78 is 5.17. The van der Waals surface area contributed by atoms with E-state index in [1.807, 2.05) is 0 Å². The number of piperidine rings is 1. The van der Waals surface area contributed by atoms with Gasteiger partial charge >= 0.3 is 0 Å². The molecule has 0 bridgehead atoms. The summed E-state index contributed by atoms with van der Waals surface area (Å²) in [6.07, 6.45) is 2.38. The van der Waals surface area contributed by atoms with E-state index < -0.39 is 0 Å². The summed E-state index contributed by atoms with van der Waals surface area (Å²) in [5, 5.41) is 7.41. The molecule has 1 heterocycles. The maximum atomic E-state index is 5.17. The van der Waals surface area contributed by atoms with Gasteiger partial charge in [0.25, 0.3) is 0 Å². The van der Waals surface area contributed by atoms with Crippen LogP contribution in [0, 0.1) is 5.92 Å². The van der Waals surface area contributed by atoms with Crippen LogP contribution < -0.4 is 10.6 Å². The van der Waals surface area contributed by atoms with Gasteiger partial charge in [0, 0.05) is 37.4 Å². The summed E-state index contributed by atoms with van der Waals surface area (Å²) in [5.74, 6) is 0.584. The number of ether oxygens (including phenoxy) is 1. The maximum Gasteiger partial charge on any atom is 0.0499 e. The van der Waals surface area contributed by atoms with Crippen LogP contribution in [-0.2, 0) is 4.74 Å². The SMILES string of the molecule is COCC(C)CNC1CC(C)(C)NC(C)(C)C1. The Labute approximate surface area is 107 Å². The van der Waals surface area contributed by atoms with Crippen molar-refractivity contribution in [1.82, 2.24) is 10.6 Å². The Hall–Kier alpha value is -0.120. The van der Waals surface area contributed by atoms with E-state index in [-0.39, 0.29) is 11.1 Å². The van der Waals surface area contributed by atoms with Gasteiger partial charge < -0.3 is 15.4 Å². The van der Waals surface area contributed by atoms with Crippen LogP contribution in [0.4, 0.5) is 0 Å². The largest absolute Gasteiger partial charge is 0.384 e. The minimum atomic E-state index is 0.226. The molecule has 1 atom stereocenters. The number of nitrogens with one attached hydrogen (secondary N) is 2. The molecule has 1 saturated heterocycles. The Morgan fingerprint density at radius 2 is 1.76 bits per heavy atom. The van der Waals surface area contributed by atoms with Crippen LogP contribution in [0.1, 0.15) is 47.5 Å². The summed E-state index contributed by atoms with van der Waals surface area (Å²) in [6.45, 7) is 13.3. The summed E-state index contributed by atoms with van der Waals surface area (Å²) in [6, 6.07) is 0.612. The molecular formula is C14H30N2O. The Bertz CT molecular complexity index is 222. The molecule has 0 amide bonds. The first-order valence-corrected chi connectivity index (χ1v) is 6.76. The highest BCUT2D eigenvalue weighted by molar-refractivity contribution is 4.99. The first-order valence-electron chi connectivity index (χ1n) is 6.76. The monoisotopic (exact) mass is 242 g/mol. The fraction of sp³-hybridized carbons (Fsp3) is 1.00. The zero-order chi connectivity index (χ0) is 13.1. The lowest BCUT2D eigenvalue weighted by Crippen LogP contribution is -2.61. The lowest BCUT2D eigenvalue weighted by atomic mass is 9.79. The average molecular weight is 242 g/mol. The van der Waals surface area contributed by atoms with E-state index in [1.54, 1.807) is 7.11 Å². The van der Waals surface area contributed by atoms with Gasteiger partial charge in [-0.3, -0.25) is 0 Å². The van der Waals surface area contributed by atoms with Gasteiger partial charge in [0.1, 0.15) is 0 Å². The average Bonchev–Trinajstić information content (AvgIpc) is 2.10. The predicted octanol–water partition coefficient (Wildman–Crippen LogP) is 2.17. The predicted molar refractivity (Wildman–Crippen MR) is 73.4 cm³/mol. The van der Waals surface area contributed by atoms with Gasteiger partial charge in [0.2, 0.25) is 0 Å². The topological polar surface area (TPSA) is 33.3 Å². The molecule has 0 aliphatic carbocycles. The lowest BCUT2D eigenvalue weighted by Gasteiger charge is -2.47. The molecule has 1 aliphatic heterocycles.